The second-order valence-corrected chi connectivity index (χ2v) is 14.1. The fraction of sp³-hybridized carbons (Fsp3) is 0. The number of fused-ring (bicyclic) bond motifs is 11. The van der Waals surface area contributed by atoms with Crippen molar-refractivity contribution in [1.29, 1.82) is 0 Å². The first-order valence-electron chi connectivity index (χ1n) is 18.2. The van der Waals surface area contributed by atoms with Crippen molar-refractivity contribution < 1.29 is 4.42 Å². The Bertz CT molecular complexity index is 3040. The first-order valence-corrected chi connectivity index (χ1v) is 18.2. The van der Waals surface area contributed by atoms with E-state index in [0.717, 1.165) is 39.3 Å². The summed E-state index contributed by atoms with van der Waals surface area (Å²) in [6.45, 7) is -0.0102. The van der Waals surface area contributed by atoms with E-state index in [4.69, 9.17) is 4.42 Å². The molecule has 5 heteroatoms. The molecule has 0 amide bonds. The average molecular weight is 676 g/mol. The molecule has 0 bridgehead atoms. The SMILES string of the molecule is c1ccc(N(c2ccccc2)c2cc3c4c(c2)-n2c5ccccc5c5c6c(cc(c52)B4c2ccccc2N3c2ccccc2)oc2ccccc26)cc1. The summed E-state index contributed by atoms with van der Waals surface area (Å²) in [5.41, 5.74) is 16.1. The van der Waals surface area contributed by atoms with E-state index in [0.29, 0.717) is 0 Å². The fourth-order valence-electron chi connectivity index (χ4n) is 9.27. The third-order valence-corrected chi connectivity index (χ3v) is 11.3. The fourth-order valence-corrected chi connectivity index (χ4v) is 9.27. The largest absolute Gasteiger partial charge is 0.456 e. The van der Waals surface area contributed by atoms with Gasteiger partial charge in [-0.25, -0.2) is 0 Å². The molecule has 0 spiro atoms. The topological polar surface area (TPSA) is 24.6 Å². The van der Waals surface area contributed by atoms with Crippen molar-refractivity contribution in [3.05, 3.63) is 182 Å². The van der Waals surface area contributed by atoms with Crippen molar-refractivity contribution in [3.8, 4) is 5.69 Å². The number of aromatic nitrogens is 1. The van der Waals surface area contributed by atoms with Crippen LogP contribution in [0.2, 0.25) is 0 Å². The van der Waals surface area contributed by atoms with Crippen molar-refractivity contribution in [2.45, 2.75) is 0 Å². The van der Waals surface area contributed by atoms with Crippen LogP contribution in [-0.4, -0.2) is 11.3 Å². The molecule has 246 valence electrons. The van der Waals surface area contributed by atoms with Gasteiger partial charge in [0.25, 0.3) is 6.71 Å². The Hall–Kier alpha value is -6.98. The minimum absolute atomic E-state index is 0.0102. The first-order chi connectivity index (χ1) is 26.3. The summed E-state index contributed by atoms with van der Waals surface area (Å²) in [4.78, 5) is 4.86. The monoisotopic (exact) mass is 675 g/mol. The molecule has 4 nitrogen and oxygen atoms in total. The number of para-hydroxylation sites is 6. The van der Waals surface area contributed by atoms with E-state index in [1.165, 1.54) is 60.6 Å². The molecule has 0 fully saturated rings. The second-order valence-electron chi connectivity index (χ2n) is 14.1. The minimum atomic E-state index is -0.0102. The van der Waals surface area contributed by atoms with E-state index in [1.807, 2.05) is 0 Å². The van der Waals surface area contributed by atoms with Crippen LogP contribution in [0, 0.1) is 0 Å². The molecule has 0 radical (unpaired) electrons. The van der Waals surface area contributed by atoms with Gasteiger partial charge >= 0.3 is 0 Å². The van der Waals surface area contributed by atoms with Gasteiger partial charge in [0.1, 0.15) is 11.2 Å². The summed E-state index contributed by atoms with van der Waals surface area (Å²) >= 11 is 0. The van der Waals surface area contributed by atoms with Crippen LogP contribution in [0.5, 0.6) is 0 Å². The molecule has 0 unspecified atom stereocenters. The lowest BCUT2D eigenvalue weighted by molar-refractivity contribution is 0.669. The molecule has 53 heavy (non-hydrogen) atoms. The summed E-state index contributed by atoms with van der Waals surface area (Å²) in [7, 11) is 0. The van der Waals surface area contributed by atoms with E-state index in [1.54, 1.807) is 0 Å². The number of rotatable bonds is 4. The van der Waals surface area contributed by atoms with Gasteiger partial charge in [-0.05, 0) is 89.2 Å². The van der Waals surface area contributed by atoms with E-state index >= 15 is 0 Å². The van der Waals surface area contributed by atoms with Crippen molar-refractivity contribution in [2.75, 3.05) is 9.80 Å². The zero-order chi connectivity index (χ0) is 34.6. The third-order valence-electron chi connectivity index (χ3n) is 11.3. The number of anilines is 6. The van der Waals surface area contributed by atoms with Crippen LogP contribution < -0.4 is 26.2 Å². The van der Waals surface area contributed by atoms with Gasteiger partial charge < -0.3 is 18.8 Å². The second kappa shape index (κ2) is 10.8. The van der Waals surface area contributed by atoms with Gasteiger partial charge in [-0.1, -0.05) is 109 Å². The van der Waals surface area contributed by atoms with Crippen molar-refractivity contribution in [1.82, 2.24) is 4.57 Å². The highest BCUT2D eigenvalue weighted by atomic mass is 16.3. The summed E-state index contributed by atoms with van der Waals surface area (Å²) < 4.78 is 9.26. The van der Waals surface area contributed by atoms with Crippen LogP contribution in [0.25, 0.3) is 49.4 Å². The van der Waals surface area contributed by atoms with Gasteiger partial charge in [-0.3, -0.25) is 0 Å². The average Bonchev–Trinajstić information content (AvgIpc) is 3.77. The maximum absolute atomic E-state index is 6.71. The first kappa shape index (κ1) is 28.7. The molecular formula is C48H30BN3O. The van der Waals surface area contributed by atoms with Gasteiger partial charge in [0.05, 0.1) is 16.7 Å². The van der Waals surface area contributed by atoms with Crippen LogP contribution >= 0.6 is 0 Å². The molecule has 10 aromatic rings. The standard InChI is InChI=1S/C48H30BN3O/c1-4-16-31(17-5-1)50(32-18-6-2-7-19-32)34-28-41-47-42(29-34)52-39-25-13-10-22-35(39)46-45-36-23-11-15-27-43(36)53-44(45)30-38(48(46)52)49(47)37-24-12-14-26-40(37)51(41)33-20-8-3-9-21-33/h1-30H. The van der Waals surface area contributed by atoms with Crippen molar-refractivity contribution in [3.63, 3.8) is 0 Å². The predicted molar refractivity (Wildman–Crippen MR) is 222 cm³/mol. The molecule has 0 atom stereocenters. The number of nitrogens with zero attached hydrogens (tertiary/aromatic N) is 3. The molecule has 0 saturated heterocycles. The Balaban J connectivity index is 1.29. The van der Waals surface area contributed by atoms with E-state index < -0.39 is 0 Å². The lowest BCUT2D eigenvalue weighted by Crippen LogP contribution is -2.60. The lowest BCUT2D eigenvalue weighted by atomic mass is 9.33. The quantitative estimate of drug-likeness (QED) is 0.174. The molecule has 8 aromatic carbocycles. The Labute approximate surface area is 306 Å². The Kier molecular flexibility index (Phi) is 5.83. The molecule has 0 N–H and O–H groups in total. The molecule has 2 aromatic heterocycles. The molecule has 2 aliphatic rings. The van der Waals surface area contributed by atoms with Gasteiger partial charge in [0.2, 0.25) is 0 Å². The van der Waals surface area contributed by atoms with Crippen molar-refractivity contribution in [2.24, 2.45) is 0 Å². The molecule has 4 heterocycles. The van der Waals surface area contributed by atoms with Gasteiger partial charge in [0, 0.05) is 55.7 Å². The van der Waals surface area contributed by atoms with Crippen LogP contribution in [0.3, 0.4) is 0 Å². The molecule has 12 rings (SSSR count). The zero-order valence-corrected chi connectivity index (χ0v) is 28.6. The van der Waals surface area contributed by atoms with E-state index in [9.17, 15) is 0 Å². The molecular weight excluding hydrogens is 645 g/mol. The number of hydrogen-bond acceptors (Lipinski definition) is 3. The predicted octanol–water partition coefficient (Wildman–Crippen LogP) is 10.8. The zero-order valence-electron chi connectivity index (χ0n) is 28.6. The minimum Gasteiger partial charge on any atom is -0.456 e. The lowest BCUT2D eigenvalue weighted by Gasteiger charge is -2.41. The highest BCUT2D eigenvalue weighted by molar-refractivity contribution is 7.00. The van der Waals surface area contributed by atoms with Gasteiger partial charge in [-0.2, -0.15) is 0 Å². The van der Waals surface area contributed by atoms with Gasteiger partial charge in [-0.15, -0.1) is 0 Å². The number of benzene rings is 8. The third kappa shape index (κ3) is 3.91. The Morgan fingerprint density at radius 1 is 0.453 bits per heavy atom. The van der Waals surface area contributed by atoms with Crippen molar-refractivity contribution >= 4 is 101 Å². The highest BCUT2D eigenvalue weighted by Gasteiger charge is 2.43. The summed E-state index contributed by atoms with van der Waals surface area (Å²) in [5.74, 6) is 0. The molecule has 0 aliphatic carbocycles. The maximum Gasteiger partial charge on any atom is 0.252 e. The smallest absolute Gasteiger partial charge is 0.252 e. The van der Waals surface area contributed by atoms with Crippen LogP contribution in [0.15, 0.2) is 186 Å². The normalized spacial score (nSPS) is 12.8. The number of hydrogen-bond donors (Lipinski definition) is 0. The summed E-state index contributed by atoms with van der Waals surface area (Å²) in [6.07, 6.45) is 0. The van der Waals surface area contributed by atoms with Crippen LogP contribution in [-0.2, 0) is 0 Å². The molecule has 2 aliphatic heterocycles. The van der Waals surface area contributed by atoms with Crippen LogP contribution in [0.1, 0.15) is 0 Å². The summed E-state index contributed by atoms with van der Waals surface area (Å²) in [5, 5.41) is 4.81. The highest BCUT2D eigenvalue weighted by Crippen LogP contribution is 2.47. The summed E-state index contributed by atoms with van der Waals surface area (Å²) in [6, 6.07) is 65.8. The molecule has 0 saturated carbocycles. The van der Waals surface area contributed by atoms with E-state index in [-0.39, 0.29) is 6.71 Å². The maximum atomic E-state index is 6.71. The van der Waals surface area contributed by atoms with Crippen LogP contribution in [0.4, 0.5) is 34.1 Å². The number of furan rings is 1. The van der Waals surface area contributed by atoms with E-state index in [2.05, 4.69) is 196 Å². The Morgan fingerprint density at radius 3 is 1.85 bits per heavy atom. The Morgan fingerprint density at radius 2 is 1.08 bits per heavy atom. The van der Waals surface area contributed by atoms with Gasteiger partial charge in [0.15, 0.2) is 0 Å².